The summed E-state index contributed by atoms with van der Waals surface area (Å²) < 4.78 is 0. The molecule has 1 unspecified atom stereocenters. The van der Waals surface area contributed by atoms with E-state index < -0.39 is 5.97 Å². The first-order chi connectivity index (χ1) is 12.1. The highest BCUT2D eigenvalue weighted by Gasteiger charge is 2.02. The number of aliphatic carboxylic acids is 1. The minimum Gasteiger partial charge on any atom is -0.478 e. The number of unbranched alkanes of at least 4 members (excludes halogenated alkanes) is 13. The Balaban J connectivity index is 3.10. The van der Waals surface area contributed by atoms with Crippen LogP contribution in [0, 0.1) is 5.92 Å². The highest BCUT2D eigenvalue weighted by molar-refractivity contribution is 5.85. The minimum absolute atomic E-state index is 0.357. The second-order valence-electron chi connectivity index (χ2n) is 7.91. The average molecular weight is 353 g/mol. The average Bonchev–Trinajstić information content (AvgIpc) is 2.60. The van der Waals surface area contributed by atoms with E-state index in [0.717, 1.165) is 18.8 Å². The quantitative estimate of drug-likeness (QED) is 0.189. The molecule has 0 saturated carbocycles. The molecule has 0 aromatic rings. The Bertz CT molecular complexity index is 322. The van der Waals surface area contributed by atoms with E-state index in [1.807, 2.05) is 0 Å². The van der Waals surface area contributed by atoms with Crippen LogP contribution >= 0.6 is 0 Å². The van der Waals surface area contributed by atoms with Crippen LogP contribution in [0.3, 0.4) is 0 Å². The van der Waals surface area contributed by atoms with E-state index >= 15 is 0 Å². The van der Waals surface area contributed by atoms with E-state index in [-0.39, 0.29) is 0 Å². The predicted octanol–water partition coefficient (Wildman–Crippen LogP) is 7.91. The van der Waals surface area contributed by atoms with Gasteiger partial charge in [0, 0.05) is 5.57 Å². The van der Waals surface area contributed by atoms with Crippen molar-refractivity contribution in [3.05, 3.63) is 12.2 Å². The molecule has 0 fully saturated rings. The molecular formula is C23H44O2. The third kappa shape index (κ3) is 17.8. The number of rotatable bonds is 19. The van der Waals surface area contributed by atoms with E-state index in [9.17, 15) is 4.79 Å². The summed E-state index contributed by atoms with van der Waals surface area (Å²) >= 11 is 0. The predicted molar refractivity (Wildman–Crippen MR) is 110 cm³/mol. The normalized spacial score (nSPS) is 12.2. The van der Waals surface area contributed by atoms with Crippen molar-refractivity contribution in [3.8, 4) is 0 Å². The Morgan fingerprint density at radius 1 is 0.760 bits per heavy atom. The van der Waals surface area contributed by atoms with Crippen LogP contribution in [0.15, 0.2) is 12.2 Å². The van der Waals surface area contributed by atoms with Crippen LogP contribution < -0.4 is 0 Å². The molecule has 148 valence electrons. The summed E-state index contributed by atoms with van der Waals surface area (Å²) in [7, 11) is 0. The van der Waals surface area contributed by atoms with Gasteiger partial charge in [-0.15, -0.1) is 0 Å². The summed E-state index contributed by atoms with van der Waals surface area (Å²) in [6.45, 7) is 8.24. The number of carboxylic acids is 1. The van der Waals surface area contributed by atoms with Gasteiger partial charge in [0.05, 0.1) is 0 Å². The zero-order valence-corrected chi connectivity index (χ0v) is 17.2. The van der Waals surface area contributed by atoms with Gasteiger partial charge in [-0.25, -0.2) is 4.79 Å². The Hall–Kier alpha value is -0.790. The Labute approximate surface area is 157 Å². The molecule has 0 amide bonds. The molecule has 2 heteroatoms. The van der Waals surface area contributed by atoms with E-state index in [1.54, 1.807) is 0 Å². The van der Waals surface area contributed by atoms with Gasteiger partial charge in [0.1, 0.15) is 0 Å². The van der Waals surface area contributed by atoms with E-state index in [1.165, 1.54) is 89.9 Å². The van der Waals surface area contributed by atoms with Crippen LogP contribution in [0.25, 0.3) is 0 Å². The Kier molecular flexibility index (Phi) is 17.4. The van der Waals surface area contributed by atoms with Gasteiger partial charge in [-0.2, -0.15) is 0 Å². The molecule has 0 aliphatic heterocycles. The maximum Gasteiger partial charge on any atom is 0.330 e. The van der Waals surface area contributed by atoms with Crippen LogP contribution in [0.5, 0.6) is 0 Å². The molecule has 2 nitrogen and oxygen atoms in total. The lowest BCUT2D eigenvalue weighted by atomic mass is 9.99. The second-order valence-corrected chi connectivity index (χ2v) is 7.91. The molecular weight excluding hydrogens is 308 g/mol. The van der Waals surface area contributed by atoms with Gasteiger partial charge in [-0.1, -0.05) is 117 Å². The number of carboxylic acid groups (broad SMARTS) is 1. The van der Waals surface area contributed by atoms with E-state index in [2.05, 4.69) is 20.4 Å². The van der Waals surface area contributed by atoms with Crippen molar-refractivity contribution in [2.45, 2.75) is 123 Å². The molecule has 0 heterocycles. The first kappa shape index (κ1) is 24.2. The Morgan fingerprint density at radius 3 is 1.48 bits per heavy atom. The second kappa shape index (κ2) is 18.0. The van der Waals surface area contributed by atoms with Crippen molar-refractivity contribution in [2.75, 3.05) is 0 Å². The van der Waals surface area contributed by atoms with Crippen LogP contribution in [0.2, 0.25) is 0 Å². The van der Waals surface area contributed by atoms with Crippen LogP contribution in [0.4, 0.5) is 0 Å². The van der Waals surface area contributed by atoms with Crippen molar-refractivity contribution < 1.29 is 9.90 Å². The van der Waals surface area contributed by atoms with Gasteiger partial charge in [0.15, 0.2) is 0 Å². The lowest BCUT2D eigenvalue weighted by Gasteiger charge is -2.07. The molecule has 0 aromatic heterocycles. The first-order valence-electron chi connectivity index (χ1n) is 11.0. The van der Waals surface area contributed by atoms with Crippen LogP contribution in [-0.2, 0) is 4.79 Å². The summed E-state index contributed by atoms with van der Waals surface area (Å²) in [4.78, 5) is 10.6. The molecule has 0 rings (SSSR count). The standard InChI is InChI=1S/C23H44O2/c1-4-21(2)19-17-15-13-11-9-7-5-6-8-10-12-14-16-18-20-22(3)23(24)25/h21H,3-20H2,1-2H3,(H,24,25). The summed E-state index contributed by atoms with van der Waals surface area (Å²) in [6.07, 6.45) is 22.2. The highest BCUT2D eigenvalue weighted by Crippen LogP contribution is 2.16. The number of carbonyl (C=O) groups is 1. The summed E-state index contributed by atoms with van der Waals surface area (Å²) in [5.74, 6) is 0.0790. The fourth-order valence-electron chi connectivity index (χ4n) is 3.26. The van der Waals surface area contributed by atoms with Crippen molar-refractivity contribution in [3.63, 3.8) is 0 Å². The summed E-state index contributed by atoms with van der Waals surface area (Å²) in [5.41, 5.74) is 0.357. The largest absolute Gasteiger partial charge is 0.478 e. The summed E-state index contributed by atoms with van der Waals surface area (Å²) in [6, 6.07) is 0. The first-order valence-corrected chi connectivity index (χ1v) is 11.0. The maximum absolute atomic E-state index is 10.6. The van der Waals surface area contributed by atoms with Crippen LogP contribution in [0.1, 0.15) is 123 Å². The van der Waals surface area contributed by atoms with E-state index in [0.29, 0.717) is 12.0 Å². The number of hydrogen-bond acceptors (Lipinski definition) is 1. The lowest BCUT2D eigenvalue weighted by Crippen LogP contribution is -1.98. The SMILES string of the molecule is C=C(CCCCCCCCCCCCCCCCC(C)CC)C(=O)O. The molecule has 1 atom stereocenters. The maximum atomic E-state index is 10.6. The highest BCUT2D eigenvalue weighted by atomic mass is 16.4. The van der Waals surface area contributed by atoms with Gasteiger partial charge >= 0.3 is 5.97 Å². The van der Waals surface area contributed by atoms with Gasteiger partial charge in [0.2, 0.25) is 0 Å². The van der Waals surface area contributed by atoms with Crippen LogP contribution in [-0.4, -0.2) is 11.1 Å². The topological polar surface area (TPSA) is 37.3 Å². The molecule has 0 aliphatic rings. The number of hydrogen-bond donors (Lipinski definition) is 1. The monoisotopic (exact) mass is 352 g/mol. The van der Waals surface area contributed by atoms with Gasteiger partial charge < -0.3 is 5.11 Å². The fourth-order valence-corrected chi connectivity index (χ4v) is 3.26. The summed E-state index contributed by atoms with van der Waals surface area (Å²) in [5, 5.41) is 8.73. The molecule has 0 aromatic carbocycles. The van der Waals surface area contributed by atoms with Crippen molar-refractivity contribution in [2.24, 2.45) is 5.92 Å². The Morgan fingerprint density at radius 2 is 1.12 bits per heavy atom. The van der Waals surface area contributed by atoms with Gasteiger partial charge in [-0.05, 0) is 18.8 Å². The zero-order valence-electron chi connectivity index (χ0n) is 17.2. The molecule has 0 radical (unpaired) electrons. The molecule has 1 N–H and O–H groups in total. The van der Waals surface area contributed by atoms with Crippen molar-refractivity contribution in [1.82, 2.24) is 0 Å². The smallest absolute Gasteiger partial charge is 0.330 e. The van der Waals surface area contributed by atoms with E-state index in [4.69, 9.17) is 5.11 Å². The molecule has 0 bridgehead atoms. The third-order valence-electron chi connectivity index (χ3n) is 5.42. The fraction of sp³-hybridized carbons (Fsp3) is 0.870. The molecule has 0 saturated heterocycles. The minimum atomic E-state index is -0.842. The van der Waals surface area contributed by atoms with Gasteiger partial charge in [0.25, 0.3) is 0 Å². The molecule has 0 spiro atoms. The van der Waals surface area contributed by atoms with Crippen molar-refractivity contribution in [1.29, 1.82) is 0 Å². The van der Waals surface area contributed by atoms with Crippen molar-refractivity contribution >= 4 is 5.97 Å². The van der Waals surface area contributed by atoms with Gasteiger partial charge in [-0.3, -0.25) is 0 Å². The zero-order chi connectivity index (χ0) is 18.8. The molecule has 25 heavy (non-hydrogen) atoms. The lowest BCUT2D eigenvalue weighted by molar-refractivity contribution is -0.132. The molecule has 0 aliphatic carbocycles. The third-order valence-corrected chi connectivity index (χ3v) is 5.42.